The highest BCUT2D eigenvalue weighted by atomic mass is 16.5. The van der Waals surface area contributed by atoms with E-state index in [1.807, 2.05) is 6.92 Å². The predicted molar refractivity (Wildman–Crippen MR) is 47.6 cm³/mol. The standard InChI is InChI=1S/C8H17NO4/c1-2-7(6-10)13-4-3-9-5-8(11)12/h7,9-10H,2-6H2,1H3,(H,11,12). The van der Waals surface area contributed by atoms with E-state index in [2.05, 4.69) is 5.32 Å². The summed E-state index contributed by atoms with van der Waals surface area (Å²) in [7, 11) is 0. The van der Waals surface area contributed by atoms with E-state index in [4.69, 9.17) is 14.9 Å². The van der Waals surface area contributed by atoms with Gasteiger partial charge < -0.3 is 20.3 Å². The summed E-state index contributed by atoms with van der Waals surface area (Å²) in [5.74, 6) is -0.880. The number of aliphatic carboxylic acids is 1. The molecule has 0 spiro atoms. The molecule has 0 aliphatic carbocycles. The lowest BCUT2D eigenvalue weighted by Crippen LogP contribution is -2.28. The molecule has 0 amide bonds. The average molecular weight is 191 g/mol. The van der Waals surface area contributed by atoms with E-state index in [1.165, 1.54) is 0 Å². The van der Waals surface area contributed by atoms with Crippen LogP contribution in [0.1, 0.15) is 13.3 Å². The number of aliphatic hydroxyl groups is 1. The summed E-state index contributed by atoms with van der Waals surface area (Å²) in [6.07, 6.45) is 0.627. The second-order valence-corrected chi connectivity index (χ2v) is 2.65. The molecule has 0 aliphatic heterocycles. The minimum absolute atomic E-state index is 0.00936. The molecule has 13 heavy (non-hydrogen) atoms. The molecule has 0 bridgehead atoms. The third-order valence-electron chi connectivity index (χ3n) is 1.57. The van der Waals surface area contributed by atoms with Crippen molar-refractivity contribution in [3.05, 3.63) is 0 Å². The fourth-order valence-corrected chi connectivity index (χ4v) is 0.793. The van der Waals surface area contributed by atoms with Gasteiger partial charge in [-0.3, -0.25) is 4.79 Å². The molecule has 0 radical (unpaired) electrons. The molecule has 0 aromatic rings. The smallest absolute Gasteiger partial charge is 0.317 e. The highest BCUT2D eigenvalue weighted by molar-refractivity contribution is 5.68. The number of ether oxygens (including phenoxy) is 1. The maximum atomic E-state index is 10.1. The lowest BCUT2D eigenvalue weighted by Gasteiger charge is -2.12. The van der Waals surface area contributed by atoms with Gasteiger partial charge in [0.2, 0.25) is 0 Å². The lowest BCUT2D eigenvalue weighted by atomic mass is 10.3. The molecule has 0 saturated carbocycles. The Kier molecular flexibility index (Phi) is 7.57. The van der Waals surface area contributed by atoms with Crippen LogP contribution in [0.2, 0.25) is 0 Å². The number of nitrogens with one attached hydrogen (secondary N) is 1. The summed E-state index contributed by atoms with van der Waals surface area (Å²) in [4.78, 5) is 10.1. The Labute approximate surface area is 77.7 Å². The van der Waals surface area contributed by atoms with Crippen molar-refractivity contribution < 1.29 is 19.7 Å². The minimum atomic E-state index is -0.880. The second kappa shape index (κ2) is 7.97. The molecular weight excluding hydrogens is 174 g/mol. The lowest BCUT2D eigenvalue weighted by molar-refractivity contribution is -0.136. The zero-order chi connectivity index (χ0) is 10.1. The van der Waals surface area contributed by atoms with Crippen LogP contribution in [0.3, 0.4) is 0 Å². The largest absolute Gasteiger partial charge is 0.480 e. The van der Waals surface area contributed by atoms with E-state index < -0.39 is 5.97 Å². The van der Waals surface area contributed by atoms with Crippen LogP contribution in [-0.2, 0) is 9.53 Å². The first-order chi connectivity index (χ1) is 6.20. The first kappa shape index (κ1) is 12.3. The molecule has 0 rings (SSSR count). The number of carboxylic acids is 1. The summed E-state index contributed by atoms with van der Waals surface area (Å²) in [5.41, 5.74) is 0. The molecule has 0 saturated heterocycles. The van der Waals surface area contributed by atoms with Gasteiger partial charge in [0.1, 0.15) is 0 Å². The van der Waals surface area contributed by atoms with Crippen molar-refractivity contribution >= 4 is 5.97 Å². The highest BCUT2D eigenvalue weighted by Crippen LogP contribution is 1.94. The van der Waals surface area contributed by atoms with Crippen molar-refractivity contribution in [1.82, 2.24) is 5.32 Å². The third kappa shape index (κ3) is 7.70. The fourth-order valence-electron chi connectivity index (χ4n) is 0.793. The number of carbonyl (C=O) groups is 1. The van der Waals surface area contributed by atoms with Crippen LogP contribution in [0.15, 0.2) is 0 Å². The SMILES string of the molecule is CCC(CO)OCCNCC(=O)O. The van der Waals surface area contributed by atoms with Crippen LogP contribution < -0.4 is 5.32 Å². The molecule has 0 aromatic heterocycles. The van der Waals surface area contributed by atoms with Crippen LogP contribution in [0, 0.1) is 0 Å². The third-order valence-corrected chi connectivity index (χ3v) is 1.57. The molecule has 1 atom stereocenters. The number of aliphatic hydroxyl groups excluding tert-OH is 1. The Morgan fingerprint density at radius 3 is 2.77 bits per heavy atom. The maximum absolute atomic E-state index is 10.1. The summed E-state index contributed by atoms with van der Waals surface area (Å²) < 4.78 is 5.22. The van der Waals surface area contributed by atoms with Crippen molar-refractivity contribution in [3.8, 4) is 0 Å². The second-order valence-electron chi connectivity index (χ2n) is 2.65. The highest BCUT2D eigenvalue weighted by Gasteiger charge is 2.03. The molecular formula is C8H17NO4. The summed E-state index contributed by atoms with van der Waals surface area (Å²) in [6, 6.07) is 0. The molecule has 3 N–H and O–H groups in total. The van der Waals surface area contributed by atoms with Crippen molar-refractivity contribution in [2.45, 2.75) is 19.4 Å². The Morgan fingerprint density at radius 2 is 2.31 bits per heavy atom. The molecule has 78 valence electrons. The van der Waals surface area contributed by atoms with Crippen molar-refractivity contribution in [1.29, 1.82) is 0 Å². The molecule has 0 aromatic carbocycles. The van der Waals surface area contributed by atoms with Gasteiger partial charge in [-0.15, -0.1) is 0 Å². The number of hydrogen-bond donors (Lipinski definition) is 3. The van der Waals surface area contributed by atoms with E-state index in [0.29, 0.717) is 13.2 Å². The molecule has 0 aliphatic rings. The van der Waals surface area contributed by atoms with E-state index in [9.17, 15) is 4.79 Å². The summed E-state index contributed by atoms with van der Waals surface area (Å²) in [6.45, 7) is 2.79. The maximum Gasteiger partial charge on any atom is 0.317 e. The van der Waals surface area contributed by atoms with Crippen LogP contribution >= 0.6 is 0 Å². The predicted octanol–water partition coefficient (Wildman–Crippen LogP) is -0.552. The molecule has 5 heteroatoms. The Balaban J connectivity index is 3.19. The van der Waals surface area contributed by atoms with Gasteiger partial charge in [-0.25, -0.2) is 0 Å². The number of hydrogen-bond acceptors (Lipinski definition) is 4. The Bertz CT molecular complexity index is 136. The first-order valence-corrected chi connectivity index (χ1v) is 4.35. The van der Waals surface area contributed by atoms with E-state index in [-0.39, 0.29) is 19.3 Å². The van der Waals surface area contributed by atoms with Gasteiger partial charge in [-0.05, 0) is 6.42 Å². The number of rotatable bonds is 8. The first-order valence-electron chi connectivity index (χ1n) is 4.35. The van der Waals surface area contributed by atoms with Crippen LogP contribution in [0.4, 0.5) is 0 Å². The van der Waals surface area contributed by atoms with Gasteiger partial charge >= 0.3 is 5.97 Å². The monoisotopic (exact) mass is 191 g/mol. The van der Waals surface area contributed by atoms with Gasteiger partial charge in [-0.1, -0.05) is 6.92 Å². The topological polar surface area (TPSA) is 78.8 Å². The summed E-state index contributed by atoms with van der Waals surface area (Å²) >= 11 is 0. The fraction of sp³-hybridized carbons (Fsp3) is 0.875. The quantitative estimate of drug-likeness (QED) is 0.448. The summed E-state index contributed by atoms with van der Waals surface area (Å²) in [5, 5.41) is 19.7. The minimum Gasteiger partial charge on any atom is -0.480 e. The molecule has 0 heterocycles. The van der Waals surface area contributed by atoms with E-state index >= 15 is 0 Å². The average Bonchev–Trinajstić information content (AvgIpc) is 2.11. The van der Waals surface area contributed by atoms with Crippen molar-refractivity contribution in [3.63, 3.8) is 0 Å². The normalized spacial score (nSPS) is 12.8. The Hall–Kier alpha value is -0.650. The van der Waals surface area contributed by atoms with Crippen LogP contribution in [0.25, 0.3) is 0 Å². The number of carboxylic acid groups (broad SMARTS) is 1. The van der Waals surface area contributed by atoms with Gasteiger partial charge in [0.15, 0.2) is 0 Å². The zero-order valence-electron chi connectivity index (χ0n) is 7.82. The molecule has 1 unspecified atom stereocenters. The van der Waals surface area contributed by atoms with Gasteiger partial charge in [0.05, 0.1) is 25.9 Å². The van der Waals surface area contributed by atoms with Crippen molar-refractivity contribution in [2.75, 3.05) is 26.3 Å². The molecule has 5 nitrogen and oxygen atoms in total. The van der Waals surface area contributed by atoms with Crippen LogP contribution in [0.5, 0.6) is 0 Å². The molecule has 0 fully saturated rings. The van der Waals surface area contributed by atoms with Gasteiger partial charge in [0, 0.05) is 6.54 Å². The van der Waals surface area contributed by atoms with E-state index in [1.54, 1.807) is 0 Å². The van der Waals surface area contributed by atoms with Gasteiger partial charge in [-0.2, -0.15) is 0 Å². The van der Waals surface area contributed by atoms with Gasteiger partial charge in [0.25, 0.3) is 0 Å². The zero-order valence-corrected chi connectivity index (χ0v) is 7.82. The van der Waals surface area contributed by atoms with E-state index in [0.717, 1.165) is 6.42 Å². The Morgan fingerprint density at radius 1 is 1.62 bits per heavy atom. The van der Waals surface area contributed by atoms with Crippen molar-refractivity contribution in [2.24, 2.45) is 0 Å². The van der Waals surface area contributed by atoms with Crippen LogP contribution in [-0.4, -0.2) is 48.6 Å².